The largest absolute Gasteiger partial charge is 0.400 e. The fourth-order valence-corrected chi connectivity index (χ4v) is 9.50. The molecule has 20 nitrogen and oxygen atoms in total. The first kappa shape index (κ1) is 43.7. The van der Waals surface area contributed by atoms with Crippen molar-refractivity contribution in [3.63, 3.8) is 0 Å². The third-order valence-corrected chi connectivity index (χ3v) is 14.5. The minimum absolute atomic E-state index is 0.0557. The summed E-state index contributed by atoms with van der Waals surface area (Å²) in [7, 11) is -0.752. The Hall–Kier alpha value is -5.91. The van der Waals surface area contributed by atoms with Crippen LogP contribution in [0.1, 0.15) is 38.4 Å². The molecule has 2 atom stereocenters. The molecule has 316 valence electrons. The highest BCUT2D eigenvalue weighted by atomic mass is 32.2. The number of nitrogens with zero attached hydrogens (tertiary/aromatic N) is 15. The normalized spacial score (nSPS) is 17.9. The zero-order valence-corrected chi connectivity index (χ0v) is 36.3. The van der Waals surface area contributed by atoms with Gasteiger partial charge in [0.2, 0.25) is 5.91 Å². The fraction of sp³-hybridized carbons (Fsp3) is 0.447. The van der Waals surface area contributed by atoms with Gasteiger partial charge >= 0.3 is 0 Å². The van der Waals surface area contributed by atoms with Gasteiger partial charge in [0.1, 0.15) is 49.2 Å². The van der Waals surface area contributed by atoms with Gasteiger partial charge in [-0.3, -0.25) is 18.7 Å². The van der Waals surface area contributed by atoms with Crippen LogP contribution >= 0.6 is 0 Å². The second-order valence-electron chi connectivity index (χ2n) is 15.6. The number of H-pyrrole nitrogens is 1. The van der Waals surface area contributed by atoms with E-state index in [4.69, 9.17) is 5.11 Å². The van der Waals surface area contributed by atoms with Crippen molar-refractivity contribution in [1.82, 2.24) is 57.7 Å². The summed E-state index contributed by atoms with van der Waals surface area (Å²) >= 11 is 0. The van der Waals surface area contributed by atoms with Gasteiger partial charge in [-0.05, 0) is 12.1 Å². The Morgan fingerprint density at radius 2 is 1.30 bits per heavy atom. The lowest BCUT2D eigenvalue weighted by molar-refractivity contribution is 0.0754. The Morgan fingerprint density at radius 3 is 1.77 bits per heavy atom. The van der Waals surface area contributed by atoms with Gasteiger partial charge in [-0.1, -0.05) is 20.8 Å². The van der Waals surface area contributed by atoms with Crippen molar-refractivity contribution in [2.45, 2.75) is 44.7 Å². The molecule has 0 radical (unpaired) electrons. The summed E-state index contributed by atoms with van der Waals surface area (Å²) in [5.74, 6) is -0.0557. The van der Waals surface area contributed by atoms with Gasteiger partial charge in [-0.25, -0.2) is 45.7 Å². The number of nitrogens with one attached hydrogen (secondary N) is 1. The lowest BCUT2D eigenvalue weighted by Crippen LogP contribution is -2.63. The highest BCUT2D eigenvalue weighted by Gasteiger charge is 2.49. The zero-order valence-electron chi connectivity index (χ0n) is 34.7. The highest BCUT2D eigenvalue weighted by Crippen LogP contribution is 2.37. The number of rotatable bonds is 8. The molecule has 6 aromatic heterocycles. The molecule has 0 amide bonds. The van der Waals surface area contributed by atoms with E-state index in [2.05, 4.69) is 56.0 Å². The summed E-state index contributed by atoms with van der Waals surface area (Å²) < 4.78 is 41.6. The molecule has 2 N–H and O–H groups in total. The smallest absolute Gasteiger partial charge is 0.237 e. The van der Waals surface area contributed by atoms with E-state index in [0.717, 1.165) is 40.4 Å². The lowest BCUT2D eigenvalue weighted by atomic mass is 9.89. The molecule has 2 saturated heterocycles. The number of aromatic nitrogens is 10. The maximum Gasteiger partial charge on any atom is 0.237 e. The summed E-state index contributed by atoms with van der Waals surface area (Å²) in [6, 6.07) is 8.22. The highest BCUT2D eigenvalue weighted by molar-refractivity contribution is 7.90. The van der Waals surface area contributed by atoms with Gasteiger partial charge in [0.05, 0.1) is 48.8 Å². The number of carbonyl (C=O) groups is 1. The van der Waals surface area contributed by atoms with Gasteiger partial charge in [-0.15, -0.1) is 0 Å². The number of aliphatic hydroxyl groups excluding tert-OH is 1. The summed E-state index contributed by atoms with van der Waals surface area (Å²) in [4.78, 5) is 33.2. The monoisotopic (exact) mass is 856 g/mol. The van der Waals surface area contributed by atoms with Gasteiger partial charge in [0.25, 0.3) is 0 Å². The molecule has 0 spiro atoms. The predicted octanol–water partition coefficient (Wildman–Crippen LogP) is 3.55. The minimum atomic E-state index is -2.45. The number of carbonyl (C=O) groups excluding carboxylic acids is 1. The van der Waals surface area contributed by atoms with Crippen molar-refractivity contribution < 1.29 is 18.3 Å². The Balaban J connectivity index is 0.000000197. The van der Waals surface area contributed by atoms with E-state index in [0.29, 0.717) is 37.5 Å². The third kappa shape index (κ3) is 7.91. The maximum absolute atomic E-state index is 12.8. The molecule has 8 rings (SSSR count). The number of aromatic amines is 1. The van der Waals surface area contributed by atoms with E-state index in [9.17, 15) is 23.7 Å². The van der Waals surface area contributed by atoms with E-state index >= 15 is 0 Å². The molecule has 2 unspecified atom stereocenters. The standard InChI is InChI=1S/C21H26N8O2S.C16H18N8OS.CH4O/c1-20(2,3)19(30)28-9-6-16-17(24-14-25-18(16)28)15-10-26-29(11-15)21(7-8-22)12-27(13-21)32(5,31)23-4;1-18-26(2,25)23-9-16(10-23,4-5-17)24-8-12(7-22-24)14-13-3-6-19-15(13)21-11-20-14;1-2/h6,9-11,14H,7,12-13H2,1-5H3;3,6-8,11H,4,9-10H2,1-2H3,(H,19,20,21);2H,1H3. The first-order valence-electron chi connectivity index (χ1n) is 18.7. The van der Waals surface area contributed by atoms with Crippen molar-refractivity contribution in [2.75, 3.05) is 59.9 Å². The van der Waals surface area contributed by atoms with Crippen molar-refractivity contribution in [1.29, 1.82) is 10.5 Å². The fourth-order valence-electron chi connectivity index (χ4n) is 7.12. The minimum Gasteiger partial charge on any atom is -0.400 e. The SMILES string of the molecule is CN=S(C)(=O)N1CC(CC#N)(n2cc(-c3ncnc4[nH]ccc34)cn2)C1.CN=S(C)(=O)N1CC(CC#N)(n2cc(-c3ncnc4c3ccn4C(=O)C(C)(C)C)cn2)C1.CO. The van der Waals surface area contributed by atoms with E-state index < -0.39 is 36.3 Å². The van der Waals surface area contributed by atoms with E-state index in [1.54, 1.807) is 60.7 Å². The zero-order chi connectivity index (χ0) is 43.7. The average molecular weight is 857 g/mol. The van der Waals surface area contributed by atoms with Crippen molar-refractivity contribution in [3.8, 4) is 34.7 Å². The van der Waals surface area contributed by atoms with Crippen LogP contribution in [0.2, 0.25) is 0 Å². The van der Waals surface area contributed by atoms with Crippen LogP contribution in [0.4, 0.5) is 0 Å². The van der Waals surface area contributed by atoms with Gasteiger partial charge in [-0.2, -0.15) is 20.7 Å². The number of nitriles is 2. The van der Waals surface area contributed by atoms with Crippen molar-refractivity contribution >= 4 is 47.8 Å². The molecule has 2 fully saturated rings. The third-order valence-electron chi connectivity index (χ3n) is 10.7. The van der Waals surface area contributed by atoms with Crippen molar-refractivity contribution in [3.05, 3.63) is 62.0 Å². The molecule has 0 aliphatic carbocycles. The average Bonchev–Trinajstić information content (AvgIpc) is 4.04. The van der Waals surface area contributed by atoms with Crippen LogP contribution in [0.15, 0.2) is 70.7 Å². The molecule has 2 aliphatic heterocycles. The molecule has 8 heterocycles. The lowest BCUT2D eigenvalue weighted by Gasteiger charge is -2.48. The molecular formula is C38H48N16O4S2. The molecule has 6 aromatic rings. The van der Waals surface area contributed by atoms with E-state index in [-0.39, 0.29) is 18.7 Å². The van der Waals surface area contributed by atoms with E-state index in [1.165, 1.54) is 19.7 Å². The van der Waals surface area contributed by atoms with Crippen LogP contribution in [0.5, 0.6) is 0 Å². The second-order valence-corrected chi connectivity index (χ2v) is 20.4. The van der Waals surface area contributed by atoms with Gasteiger partial charge in [0.15, 0.2) is 5.65 Å². The van der Waals surface area contributed by atoms with Crippen LogP contribution < -0.4 is 0 Å². The Bertz CT molecular complexity index is 2880. The Morgan fingerprint density at radius 1 is 0.817 bits per heavy atom. The van der Waals surface area contributed by atoms with Crippen LogP contribution in [-0.4, -0.2) is 137 Å². The van der Waals surface area contributed by atoms with Crippen LogP contribution in [0.3, 0.4) is 0 Å². The molecule has 22 heteroatoms. The maximum atomic E-state index is 12.8. The van der Waals surface area contributed by atoms with E-state index in [1.807, 2.05) is 51.5 Å². The van der Waals surface area contributed by atoms with Crippen LogP contribution in [0.25, 0.3) is 44.6 Å². The second kappa shape index (κ2) is 16.6. The Kier molecular flexibility index (Phi) is 12.1. The molecular weight excluding hydrogens is 809 g/mol. The molecule has 0 bridgehead atoms. The topological polar surface area (TPSA) is 258 Å². The number of aliphatic hydroxyl groups is 1. The summed E-state index contributed by atoms with van der Waals surface area (Å²) in [6.07, 6.45) is 17.4. The first-order valence-corrected chi connectivity index (χ1v) is 22.4. The molecule has 60 heavy (non-hydrogen) atoms. The molecule has 0 saturated carbocycles. The van der Waals surface area contributed by atoms with Gasteiger partial charge < -0.3 is 10.1 Å². The summed E-state index contributed by atoms with van der Waals surface area (Å²) in [5, 5.41) is 36.3. The molecule has 0 aromatic carbocycles. The number of hydrogen-bond acceptors (Lipinski definition) is 14. The summed E-state index contributed by atoms with van der Waals surface area (Å²) in [6.45, 7) is 7.38. The van der Waals surface area contributed by atoms with Crippen LogP contribution in [0, 0.1) is 28.1 Å². The van der Waals surface area contributed by atoms with Crippen LogP contribution in [-0.2, 0) is 30.9 Å². The van der Waals surface area contributed by atoms with Crippen molar-refractivity contribution in [2.24, 2.45) is 14.1 Å². The number of fused-ring (bicyclic) bond motifs is 2. The first-order chi connectivity index (χ1) is 28.5. The predicted molar refractivity (Wildman–Crippen MR) is 226 cm³/mol. The number of hydrogen-bond donors (Lipinski definition) is 2. The Labute approximate surface area is 348 Å². The molecule has 2 aliphatic rings. The quantitative estimate of drug-likeness (QED) is 0.223. The summed E-state index contributed by atoms with van der Waals surface area (Å²) in [5.41, 5.74) is 2.74. The van der Waals surface area contributed by atoms with Gasteiger partial charge in [0, 0.05) is 112 Å².